The molecular weight excluding hydrogens is 344 g/mol. The summed E-state index contributed by atoms with van der Waals surface area (Å²) in [7, 11) is 0. The first-order valence-electron chi connectivity index (χ1n) is 8.93. The van der Waals surface area contributed by atoms with Crippen LogP contribution >= 0.6 is 0 Å². The fourth-order valence-corrected chi connectivity index (χ4v) is 2.99. The molecule has 8 nitrogen and oxygen atoms in total. The number of nitrogens with one attached hydrogen (secondary N) is 2. The number of para-hydroxylation sites is 1. The number of nitrogens with zero attached hydrogens (tertiary/aromatic N) is 4. The van der Waals surface area contributed by atoms with E-state index in [9.17, 15) is 0 Å². The van der Waals surface area contributed by atoms with Crippen molar-refractivity contribution in [2.24, 2.45) is 4.99 Å². The van der Waals surface area contributed by atoms with Crippen molar-refractivity contribution < 1.29 is 9.15 Å². The van der Waals surface area contributed by atoms with Crippen LogP contribution in [-0.2, 0) is 6.54 Å². The lowest BCUT2D eigenvalue weighted by molar-refractivity contribution is 0.236. The Morgan fingerprint density at radius 3 is 2.93 bits per heavy atom. The summed E-state index contributed by atoms with van der Waals surface area (Å²) in [5.74, 6) is 2.82. The predicted molar refractivity (Wildman–Crippen MR) is 104 cm³/mol. The van der Waals surface area contributed by atoms with Gasteiger partial charge in [0.05, 0.1) is 38.4 Å². The number of anilines is 1. The van der Waals surface area contributed by atoms with Gasteiger partial charge in [-0.15, -0.1) is 0 Å². The van der Waals surface area contributed by atoms with E-state index in [0.717, 1.165) is 28.1 Å². The minimum Gasteiger partial charge on any atom is -0.492 e. The lowest BCUT2D eigenvalue weighted by atomic mass is 10.2. The molecule has 27 heavy (non-hydrogen) atoms. The molecule has 0 amide bonds. The van der Waals surface area contributed by atoms with Gasteiger partial charge in [-0.25, -0.2) is 15.0 Å². The van der Waals surface area contributed by atoms with Crippen molar-refractivity contribution in [2.75, 3.05) is 25.3 Å². The van der Waals surface area contributed by atoms with E-state index in [1.807, 2.05) is 44.2 Å². The summed E-state index contributed by atoms with van der Waals surface area (Å²) in [5.41, 5.74) is 1.69. The molecule has 2 aromatic heterocycles. The van der Waals surface area contributed by atoms with Crippen LogP contribution in [-0.4, -0.2) is 40.8 Å². The van der Waals surface area contributed by atoms with Crippen molar-refractivity contribution in [2.45, 2.75) is 20.4 Å². The minimum atomic E-state index is 0.498. The van der Waals surface area contributed by atoms with Gasteiger partial charge in [0.25, 0.3) is 0 Å². The van der Waals surface area contributed by atoms with Gasteiger partial charge in [-0.1, -0.05) is 12.1 Å². The van der Waals surface area contributed by atoms with Crippen LogP contribution in [0.25, 0.3) is 10.9 Å². The van der Waals surface area contributed by atoms with Gasteiger partial charge in [0, 0.05) is 5.39 Å². The third-order valence-corrected chi connectivity index (χ3v) is 4.27. The molecule has 0 aliphatic carbocycles. The molecule has 3 heterocycles. The Kier molecular flexibility index (Phi) is 4.88. The maximum absolute atomic E-state index is 5.70. The van der Waals surface area contributed by atoms with Crippen molar-refractivity contribution >= 4 is 22.8 Å². The third-order valence-electron chi connectivity index (χ3n) is 4.27. The number of rotatable bonds is 5. The standard InChI is InChI=1S/C19H22N6O2/c1-3-26-16-8-4-7-15-13(2)22-19(23-17(15)16)24-18-20-11-25(12-21-18)10-14-6-5-9-27-14/h4-9H,3,10-12H2,1-2H3,(H2,20,21,22,23,24). The summed E-state index contributed by atoms with van der Waals surface area (Å²) in [6.45, 7) is 6.44. The number of hydrogen-bond acceptors (Lipinski definition) is 8. The number of hydrogen-bond donors (Lipinski definition) is 2. The molecule has 0 saturated carbocycles. The van der Waals surface area contributed by atoms with Crippen molar-refractivity contribution in [1.29, 1.82) is 0 Å². The molecular formula is C19H22N6O2. The van der Waals surface area contributed by atoms with Gasteiger partial charge in [0.15, 0.2) is 0 Å². The van der Waals surface area contributed by atoms with E-state index in [1.165, 1.54) is 0 Å². The Labute approximate surface area is 157 Å². The predicted octanol–water partition coefficient (Wildman–Crippen LogP) is 2.72. The summed E-state index contributed by atoms with van der Waals surface area (Å²) in [6.07, 6.45) is 1.68. The van der Waals surface area contributed by atoms with Crippen molar-refractivity contribution in [3.05, 3.63) is 48.0 Å². The second-order valence-corrected chi connectivity index (χ2v) is 6.23. The first-order chi connectivity index (χ1) is 13.2. The van der Waals surface area contributed by atoms with Crippen LogP contribution < -0.4 is 15.4 Å². The average molecular weight is 366 g/mol. The number of ether oxygens (including phenoxy) is 1. The van der Waals surface area contributed by atoms with E-state index >= 15 is 0 Å². The van der Waals surface area contributed by atoms with Crippen molar-refractivity contribution in [3.8, 4) is 5.75 Å². The van der Waals surface area contributed by atoms with Crippen LogP contribution in [0.5, 0.6) is 5.75 Å². The highest BCUT2D eigenvalue weighted by atomic mass is 16.5. The number of aromatic nitrogens is 2. The molecule has 0 atom stereocenters. The van der Waals surface area contributed by atoms with E-state index in [-0.39, 0.29) is 0 Å². The fraction of sp³-hybridized carbons (Fsp3) is 0.316. The second-order valence-electron chi connectivity index (χ2n) is 6.23. The quantitative estimate of drug-likeness (QED) is 0.718. The molecule has 0 saturated heterocycles. The van der Waals surface area contributed by atoms with Crippen LogP contribution in [0.3, 0.4) is 0 Å². The van der Waals surface area contributed by atoms with Crippen LogP contribution in [0.2, 0.25) is 0 Å². The zero-order valence-electron chi connectivity index (χ0n) is 15.4. The zero-order valence-corrected chi connectivity index (χ0v) is 15.4. The maximum atomic E-state index is 5.70. The molecule has 0 bridgehead atoms. The minimum absolute atomic E-state index is 0.498. The average Bonchev–Trinajstić information content (AvgIpc) is 3.17. The number of benzene rings is 1. The highest BCUT2D eigenvalue weighted by Crippen LogP contribution is 2.26. The van der Waals surface area contributed by atoms with Gasteiger partial charge in [-0.05, 0) is 32.0 Å². The Hall–Kier alpha value is -3.13. The molecule has 1 aliphatic heterocycles. The van der Waals surface area contributed by atoms with Crippen LogP contribution in [0.15, 0.2) is 46.0 Å². The molecule has 2 N–H and O–H groups in total. The molecule has 0 radical (unpaired) electrons. The summed E-state index contributed by atoms with van der Waals surface area (Å²) in [6, 6.07) is 9.72. The summed E-state index contributed by atoms with van der Waals surface area (Å²) < 4.78 is 11.1. The van der Waals surface area contributed by atoms with Gasteiger partial charge in [0.2, 0.25) is 11.9 Å². The number of aliphatic imine (C=N–C) groups is 1. The number of furan rings is 1. The maximum Gasteiger partial charge on any atom is 0.230 e. The third kappa shape index (κ3) is 3.85. The molecule has 0 spiro atoms. The van der Waals surface area contributed by atoms with E-state index < -0.39 is 0 Å². The Balaban J connectivity index is 1.50. The van der Waals surface area contributed by atoms with Gasteiger partial charge in [-0.3, -0.25) is 10.2 Å². The highest BCUT2D eigenvalue weighted by molar-refractivity contribution is 5.94. The fourth-order valence-electron chi connectivity index (χ4n) is 2.99. The molecule has 4 rings (SSSR count). The zero-order chi connectivity index (χ0) is 18.6. The van der Waals surface area contributed by atoms with Crippen LogP contribution in [0.1, 0.15) is 18.4 Å². The smallest absolute Gasteiger partial charge is 0.230 e. The topological polar surface area (TPSA) is 87.8 Å². The van der Waals surface area contributed by atoms with Gasteiger partial charge < -0.3 is 14.5 Å². The molecule has 8 heteroatoms. The van der Waals surface area contributed by atoms with E-state index in [2.05, 4.69) is 30.5 Å². The highest BCUT2D eigenvalue weighted by Gasteiger charge is 2.15. The normalized spacial score (nSPS) is 14.7. The first kappa shape index (κ1) is 17.3. The number of fused-ring (bicyclic) bond motifs is 1. The van der Waals surface area contributed by atoms with Crippen molar-refractivity contribution in [3.63, 3.8) is 0 Å². The van der Waals surface area contributed by atoms with E-state index in [0.29, 0.717) is 38.4 Å². The molecule has 1 aliphatic rings. The van der Waals surface area contributed by atoms with Gasteiger partial charge in [-0.2, -0.15) is 0 Å². The van der Waals surface area contributed by atoms with Gasteiger partial charge >= 0.3 is 0 Å². The molecule has 1 aromatic carbocycles. The first-order valence-corrected chi connectivity index (χ1v) is 8.93. The largest absolute Gasteiger partial charge is 0.492 e. The monoisotopic (exact) mass is 366 g/mol. The van der Waals surface area contributed by atoms with Crippen molar-refractivity contribution in [1.82, 2.24) is 20.2 Å². The number of aryl methyl sites for hydroxylation is 1. The van der Waals surface area contributed by atoms with Gasteiger partial charge in [0.1, 0.15) is 17.0 Å². The SMILES string of the molecule is CCOc1cccc2c(C)nc(NC3=NCN(Cc4ccco4)CN3)nc12. The summed E-state index contributed by atoms with van der Waals surface area (Å²) >= 11 is 0. The molecule has 0 unspecified atom stereocenters. The lowest BCUT2D eigenvalue weighted by Crippen LogP contribution is -2.45. The molecule has 0 fully saturated rings. The van der Waals surface area contributed by atoms with E-state index in [4.69, 9.17) is 9.15 Å². The summed E-state index contributed by atoms with van der Waals surface area (Å²) in [5, 5.41) is 7.40. The second kappa shape index (κ2) is 7.63. The summed E-state index contributed by atoms with van der Waals surface area (Å²) in [4.78, 5) is 15.8. The lowest BCUT2D eigenvalue weighted by Gasteiger charge is -2.26. The Morgan fingerprint density at radius 1 is 1.26 bits per heavy atom. The van der Waals surface area contributed by atoms with E-state index in [1.54, 1.807) is 6.26 Å². The number of guanidine groups is 1. The molecule has 3 aromatic rings. The Bertz CT molecular complexity index is 954. The Morgan fingerprint density at radius 2 is 2.19 bits per heavy atom. The molecule has 140 valence electrons. The van der Waals surface area contributed by atoms with Crippen LogP contribution in [0, 0.1) is 6.92 Å². The van der Waals surface area contributed by atoms with Crippen LogP contribution in [0.4, 0.5) is 5.95 Å².